The molecule has 0 aliphatic heterocycles. The molecule has 0 unspecified atom stereocenters. The fourth-order valence-electron chi connectivity index (χ4n) is 1.56. The van der Waals surface area contributed by atoms with E-state index in [1.807, 2.05) is 38.3 Å². The lowest BCUT2D eigenvalue weighted by atomic mass is 10.3. The molecule has 2 rings (SSSR count). The molecule has 0 aliphatic rings. The van der Waals surface area contributed by atoms with Gasteiger partial charge in [0.1, 0.15) is 5.52 Å². The second kappa shape index (κ2) is 5.44. The van der Waals surface area contributed by atoms with Gasteiger partial charge in [0, 0.05) is 12.1 Å². The Morgan fingerprint density at radius 1 is 1.56 bits per heavy atom. The molecule has 1 aromatic carbocycles. The third-order valence-electron chi connectivity index (χ3n) is 2.72. The molecule has 0 radical (unpaired) electrons. The first kappa shape index (κ1) is 13.0. The number of amides is 1. The minimum atomic E-state index is -0.0655. The second-order valence-corrected chi connectivity index (χ2v) is 5.19. The number of oxazole rings is 1. The molecule has 5 heteroatoms. The number of hydrogen-bond donors (Lipinski definition) is 1. The number of nitrogens with one attached hydrogen (secondary N) is 1. The van der Waals surface area contributed by atoms with Crippen molar-refractivity contribution < 1.29 is 9.21 Å². The van der Waals surface area contributed by atoms with Gasteiger partial charge in [-0.05, 0) is 31.4 Å². The molecule has 0 saturated carbocycles. The average Bonchev–Trinajstić information content (AvgIpc) is 2.79. The zero-order valence-electron chi connectivity index (χ0n) is 10.7. The zero-order valence-corrected chi connectivity index (χ0v) is 11.5. The largest absolute Gasteiger partial charge is 0.441 e. The van der Waals surface area contributed by atoms with Crippen molar-refractivity contribution in [2.45, 2.75) is 25.5 Å². The number of rotatable bonds is 4. The van der Waals surface area contributed by atoms with Crippen LogP contribution in [0.25, 0.3) is 11.1 Å². The van der Waals surface area contributed by atoms with Gasteiger partial charge in [0.05, 0.1) is 5.25 Å². The smallest absolute Gasteiger partial charge is 0.237 e. The standard InChI is InChI=1S/C13H16N2O2S/c1-4-12-15-10-7-9(5-6-11(10)17-12)14-13(16)8(2)18-3/h5-8H,4H2,1-3H3,(H,14,16)/t8-/m0/s1. The molecule has 96 valence electrons. The fraction of sp³-hybridized carbons (Fsp3) is 0.385. The van der Waals surface area contributed by atoms with E-state index in [0.717, 1.165) is 23.2 Å². The van der Waals surface area contributed by atoms with Gasteiger partial charge in [-0.2, -0.15) is 11.8 Å². The highest BCUT2D eigenvalue weighted by molar-refractivity contribution is 7.99. The molecule has 0 saturated heterocycles. The number of carbonyl (C=O) groups excluding carboxylic acids is 1. The van der Waals surface area contributed by atoms with Crippen molar-refractivity contribution in [3.8, 4) is 0 Å². The number of carbonyl (C=O) groups is 1. The van der Waals surface area contributed by atoms with Gasteiger partial charge in [0.15, 0.2) is 11.5 Å². The molecule has 1 heterocycles. The highest BCUT2D eigenvalue weighted by Crippen LogP contribution is 2.21. The van der Waals surface area contributed by atoms with Crippen LogP contribution in [-0.2, 0) is 11.2 Å². The first-order valence-electron chi connectivity index (χ1n) is 5.87. The number of fused-ring (bicyclic) bond motifs is 1. The summed E-state index contributed by atoms with van der Waals surface area (Å²) in [4.78, 5) is 16.1. The summed E-state index contributed by atoms with van der Waals surface area (Å²) in [5.74, 6) is 0.715. The number of benzene rings is 1. The van der Waals surface area contributed by atoms with Crippen LogP contribution in [-0.4, -0.2) is 22.4 Å². The van der Waals surface area contributed by atoms with E-state index < -0.39 is 0 Å². The van der Waals surface area contributed by atoms with Crippen LogP contribution in [0.1, 0.15) is 19.7 Å². The van der Waals surface area contributed by atoms with Crippen LogP contribution in [0, 0.1) is 0 Å². The van der Waals surface area contributed by atoms with Crippen molar-refractivity contribution >= 4 is 34.5 Å². The van der Waals surface area contributed by atoms with Crippen LogP contribution in [0.4, 0.5) is 5.69 Å². The predicted octanol–water partition coefficient (Wildman–Crippen LogP) is 3.08. The minimum absolute atomic E-state index is 0.000981. The lowest BCUT2D eigenvalue weighted by molar-refractivity contribution is -0.115. The van der Waals surface area contributed by atoms with Crippen molar-refractivity contribution in [3.05, 3.63) is 24.1 Å². The Kier molecular flexibility index (Phi) is 3.91. The van der Waals surface area contributed by atoms with E-state index >= 15 is 0 Å². The molecule has 4 nitrogen and oxygen atoms in total. The minimum Gasteiger partial charge on any atom is -0.441 e. The molecule has 1 N–H and O–H groups in total. The van der Waals surface area contributed by atoms with Gasteiger partial charge >= 0.3 is 0 Å². The number of aryl methyl sites for hydroxylation is 1. The summed E-state index contributed by atoms with van der Waals surface area (Å²) in [6, 6.07) is 5.50. The number of hydrogen-bond acceptors (Lipinski definition) is 4. The summed E-state index contributed by atoms with van der Waals surface area (Å²) in [5, 5.41) is 2.81. The molecule has 18 heavy (non-hydrogen) atoms. The number of thioether (sulfide) groups is 1. The van der Waals surface area contributed by atoms with E-state index in [-0.39, 0.29) is 11.2 Å². The molecule has 1 atom stereocenters. The van der Waals surface area contributed by atoms with Gasteiger partial charge < -0.3 is 9.73 Å². The van der Waals surface area contributed by atoms with E-state index in [4.69, 9.17) is 4.42 Å². The van der Waals surface area contributed by atoms with Crippen LogP contribution < -0.4 is 5.32 Å². The Balaban J connectivity index is 2.21. The summed E-state index contributed by atoms with van der Waals surface area (Å²) in [6.07, 6.45) is 2.68. The zero-order chi connectivity index (χ0) is 13.1. The first-order chi connectivity index (χ1) is 8.63. The quantitative estimate of drug-likeness (QED) is 0.922. The maximum Gasteiger partial charge on any atom is 0.237 e. The summed E-state index contributed by atoms with van der Waals surface area (Å²) >= 11 is 1.52. The second-order valence-electron chi connectivity index (χ2n) is 4.01. The number of anilines is 1. The number of aromatic nitrogens is 1. The highest BCUT2D eigenvalue weighted by atomic mass is 32.2. The molecule has 0 aliphatic carbocycles. The van der Waals surface area contributed by atoms with E-state index in [2.05, 4.69) is 10.3 Å². The molecule has 0 spiro atoms. The predicted molar refractivity (Wildman–Crippen MR) is 75.0 cm³/mol. The average molecular weight is 264 g/mol. The monoisotopic (exact) mass is 264 g/mol. The maximum atomic E-state index is 11.8. The van der Waals surface area contributed by atoms with Crippen LogP contribution in [0.15, 0.2) is 22.6 Å². The lowest BCUT2D eigenvalue weighted by Gasteiger charge is -2.09. The normalized spacial score (nSPS) is 12.6. The van der Waals surface area contributed by atoms with Crippen LogP contribution in [0.2, 0.25) is 0 Å². The van der Waals surface area contributed by atoms with Gasteiger partial charge in [-0.25, -0.2) is 4.98 Å². The van der Waals surface area contributed by atoms with E-state index in [1.165, 1.54) is 11.8 Å². The molecule has 0 bridgehead atoms. The number of nitrogens with zero attached hydrogens (tertiary/aromatic N) is 1. The van der Waals surface area contributed by atoms with E-state index in [1.54, 1.807) is 0 Å². The Hall–Kier alpha value is -1.49. The third kappa shape index (κ3) is 2.67. The third-order valence-corrected chi connectivity index (χ3v) is 3.65. The van der Waals surface area contributed by atoms with Gasteiger partial charge in [-0.15, -0.1) is 0 Å². The Bertz CT molecular complexity index is 565. The van der Waals surface area contributed by atoms with Crippen LogP contribution in [0.5, 0.6) is 0 Å². The van der Waals surface area contributed by atoms with Gasteiger partial charge in [-0.1, -0.05) is 6.92 Å². The van der Waals surface area contributed by atoms with Crippen molar-refractivity contribution in [1.29, 1.82) is 0 Å². The van der Waals surface area contributed by atoms with Crippen molar-refractivity contribution in [2.75, 3.05) is 11.6 Å². The molecule has 1 amide bonds. The Labute approximate surface area is 110 Å². The van der Waals surface area contributed by atoms with Gasteiger partial charge in [0.25, 0.3) is 0 Å². The van der Waals surface area contributed by atoms with Crippen LogP contribution in [0.3, 0.4) is 0 Å². The summed E-state index contributed by atoms with van der Waals surface area (Å²) in [7, 11) is 0. The van der Waals surface area contributed by atoms with E-state index in [0.29, 0.717) is 5.89 Å². The summed E-state index contributed by atoms with van der Waals surface area (Å²) in [5.41, 5.74) is 2.29. The van der Waals surface area contributed by atoms with Gasteiger partial charge in [-0.3, -0.25) is 4.79 Å². The Morgan fingerprint density at radius 2 is 2.33 bits per heavy atom. The van der Waals surface area contributed by atoms with Crippen LogP contribution >= 0.6 is 11.8 Å². The van der Waals surface area contributed by atoms with Crippen molar-refractivity contribution in [1.82, 2.24) is 4.98 Å². The fourth-order valence-corrected chi connectivity index (χ4v) is 1.83. The molecule has 0 fully saturated rings. The Morgan fingerprint density at radius 3 is 3.00 bits per heavy atom. The summed E-state index contributed by atoms with van der Waals surface area (Å²) in [6.45, 7) is 3.87. The van der Waals surface area contributed by atoms with Crippen molar-refractivity contribution in [3.63, 3.8) is 0 Å². The van der Waals surface area contributed by atoms with Gasteiger partial charge in [0.2, 0.25) is 5.91 Å². The topological polar surface area (TPSA) is 55.1 Å². The molecule has 1 aromatic heterocycles. The SMILES string of the molecule is CCc1nc2cc(NC(=O)[C@H](C)SC)ccc2o1. The summed E-state index contributed by atoms with van der Waals surface area (Å²) < 4.78 is 5.52. The molecular weight excluding hydrogens is 248 g/mol. The van der Waals surface area contributed by atoms with E-state index in [9.17, 15) is 4.79 Å². The molecule has 2 aromatic rings. The lowest BCUT2D eigenvalue weighted by Crippen LogP contribution is -2.21. The first-order valence-corrected chi connectivity index (χ1v) is 7.16. The molecular formula is C13H16N2O2S. The van der Waals surface area contributed by atoms with Crippen molar-refractivity contribution in [2.24, 2.45) is 0 Å². The maximum absolute atomic E-state index is 11.8. The highest BCUT2D eigenvalue weighted by Gasteiger charge is 2.12.